The van der Waals surface area contributed by atoms with Crippen molar-refractivity contribution in [3.63, 3.8) is 0 Å². The molecule has 37 heavy (non-hydrogen) atoms. The van der Waals surface area contributed by atoms with Gasteiger partial charge in [-0.3, -0.25) is 18.5 Å². The van der Waals surface area contributed by atoms with Gasteiger partial charge in [0.25, 0.3) is 24.0 Å². The monoisotopic (exact) mass is 544 g/mol. The largest absolute Gasteiger partial charge is 0.405 e. The molecule has 1 aliphatic rings. The summed E-state index contributed by atoms with van der Waals surface area (Å²) in [6, 6.07) is 21.3. The standard InChI is InChI=1S/C26H32N2O7SSi/c1-26(2,3)37(19-11-7-5-8-12-19,20-13-9-6-10-14-20)33-18-22-21(35-36(4,31)32)17-24(34-22)28-16-15-23(29)27-25(28)30/h5-16,21-22,24H,17-18H2,1-4H3,(H,27,29,30)/t21-,22+,24+/m0/s1. The Labute approximate surface area is 217 Å². The first kappa shape index (κ1) is 27.2. The van der Waals surface area contributed by atoms with Crippen molar-refractivity contribution in [3.05, 3.63) is 93.8 Å². The maximum atomic E-state index is 12.4. The molecule has 9 nitrogen and oxygen atoms in total. The summed E-state index contributed by atoms with van der Waals surface area (Å²) in [5.74, 6) is 0. The first-order valence-electron chi connectivity index (χ1n) is 12.0. The van der Waals surface area contributed by atoms with Gasteiger partial charge in [0.15, 0.2) is 0 Å². The summed E-state index contributed by atoms with van der Waals surface area (Å²) in [7, 11) is -6.74. The van der Waals surface area contributed by atoms with Crippen LogP contribution in [0, 0.1) is 0 Å². The van der Waals surface area contributed by atoms with Crippen molar-refractivity contribution in [2.24, 2.45) is 0 Å². The third-order valence-corrected chi connectivity index (χ3v) is 12.1. The number of H-pyrrole nitrogens is 1. The second-order valence-electron chi connectivity index (χ2n) is 10.2. The number of nitrogens with zero attached hydrogens (tertiary/aromatic N) is 1. The molecule has 1 saturated heterocycles. The van der Waals surface area contributed by atoms with E-state index in [9.17, 15) is 18.0 Å². The van der Waals surface area contributed by atoms with E-state index in [0.717, 1.165) is 16.6 Å². The SMILES string of the molecule is CC(C)(C)[Si](OC[C@H]1O[C@@H](n2ccc(=O)[nH]c2=O)C[C@@H]1OS(C)(=O)=O)(c1ccccc1)c1ccccc1. The van der Waals surface area contributed by atoms with Crippen LogP contribution < -0.4 is 21.6 Å². The molecular formula is C26H32N2O7SSi. The highest BCUT2D eigenvalue weighted by atomic mass is 32.2. The van der Waals surface area contributed by atoms with E-state index in [-0.39, 0.29) is 18.1 Å². The molecule has 0 saturated carbocycles. The van der Waals surface area contributed by atoms with Crippen molar-refractivity contribution >= 4 is 28.8 Å². The molecule has 11 heteroatoms. The molecule has 3 atom stereocenters. The molecule has 0 bridgehead atoms. The van der Waals surface area contributed by atoms with Crippen LogP contribution in [0.3, 0.4) is 0 Å². The van der Waals surface area contributed by atoms with Gasteiger partial charge < -0.3 is 9.16 Å². The summed E-state index contributed by atoms with van der Waals surface area (Å²) in [5.41, 5.74) is -1.18. The van der Waals surface area contributed by atoms with Gasteiger partial charge in [-0.05, 0) is 15.4 Å². The lowest BCUT2D eigenvalue weighted by Gasteiger charge is -2.43. The molecule has 0 unspecified atom stereocenters. The molecule has 2 heterocycles. The van der Waals surface area contributed by atoms with E-state index in [1.54, 1.807) is 0 Å². The van der Waals surface area contributed by atoms with E-state index in [0.29, 0.717) is 0 Å². The van der Waals surface area contributed by atoms with Gasteiger partial charge in [-0.2, -0.15) is 8.42 Å². The summed E-state index contributed by atoms with van der Waals surface area (Å²) < 4.78 is 43.8. The smallest absolute Gasteiger partial charge is 0.330 e. The number of benzene rings is 2. The molecule has 0 amide bonds. The Kier molecular flexibility index (Phi) is 7.72. The lowest BCUT2D eigenvalue weighted by atomic mass is 10.2. The fourth-order valence-electron chi connectivity index (χ4n) is 4.97. The van der Waals surface area contributed by atoms with Crippen molar-refractivity contribution in [3.8, 4) is 0 Å². The molecule has 3 aromatic rings. The molecule has 1 fully saturated rings. The average molecular weight is 545 g/mol. The van der Waals surface area contributed by atoms with E-state index in [1.165, 1.54) is 16.8 Å². The lowest BCUT2D eigenvalue weighted by molar-refractivity contribution is -0.0380. The molecular weight excluding hydrogens is 512 g/mol. The highest BCUT2D eigenvalue weighted by Crippen LogP contribution is 2.38. The van der Waals surface area contributed by atoms with Crippen LogP contribution in [0.2, 0.25) is 5.04 Å². The van der Waals surface area contributed by atoms with Gasteiger partial charge in [-0.15, -0.1) is 0 Å². The van der Waals surface area contributed by atoms with E-state index in [1.807, 2.05) is 36.4 Å². The van der Waals surface area contributed by atoms with E-state index < -0.39 is 48.1 Å². The van der Waals surface area contributed by atoms with Gasteiger partial charge in [0.05, 0.1) is 12.9 Å². The van der Waals surface area contributed by atoms with Crippen LogP contribution in [-0.2, 0) is 23.5 Å². The number of hydrogen-bond donors (Lipinski definition) is 1. The number of ether oxygens (including phenoxy) is 1. The van der Waals surface area contributed by atoms with E-state index in [2.05, 4.69) is 50.0 Å². The Hall–Kier alpha value is -2.83. The number of aromatic amines is 1. The molecule has 1 N–H and O–H groups in total. The fourth-order valence-corrected chi connectivity index (χ4v) is 10.2. The third kappa shape index (κ3) is 5.86. The Morgan fingerprint density at radius 2 is 1.57 bits per heavy atom. The molecule has 2 aromatic carbocycles. The highest BCUT2D eigenvalue weighted by molar-refractivity contribution is 7.86. The number of nitrogens with one attached hydrogen (secondary N) is 1. The zero-order chi connectivity index (χ0) is 26.8. The fraction of sp³-hybridized carbons (Fsp3) is 0.385. The first-order valence-corrected chi connectivity index (χ1v) is 15.7. The maximum Gasteiger partial charge on any atom is 0.330 e. The van der Waals surface area contributed by atoms with Gasteiger partial charge in [0, 0.05) is 18.7 Å². The highest BCUT2D eigenvalue weighted by Gasteiger charge is 2.51. The van der Waals surface area contributed by atoms with E-state index in [4.69, 9.17) is 13.3 Å². The van der Waals surface area contributed by atoms with Crippen LogP contribution in [-0.4, -0.2) is 51.4 Å². The van der Waals surface area contributed by atoms with Gasteiger partial charge in [-0.25, -0.2) is 4.79 Å². The summed E-state index contributed by atoms with van der Waals surface area (Å²) in [4.78, 5) is 26.1. The topological polar surface area (TPSA) is 117 Å². The number of hydrogen-bond acceptors (Lipinski definition) is 7. The molecule has 198 valence electrons. The second-order valence-corrected chi connectivity index (χ2v) is 16.1. The van der Waals surface area contributed by atoms with E-state index >= 15 is 0 Å². The lowest BCUT2D eigenvalue weighted by Crippen LogP contribution is -2.67. The minimum Gasteiger partial charge on any atom is -0.405 e. The zero-order valence-corrected chi connectivity index (χ0v) is 23.1. The van der Waals surface area contributed by atoms with Crippen molar-refractivity contribution in [2.45, 2.75) is 50.7 Å². The minimum atomic E-state index is -3.82. The summed E-state index contributed by atoms with van der Waals surface area (Å²) >= 11 is 0. The third-order valence-electron chi connectivity index (χ3n) is 6.52. The minimum absolute atomic E-state index is 0.0437. The Bertz CT molecular complexity index is 1390. The van der Waals surface area contributed by atoms with Crippen LogP contribution in [0.5, 0.6) is 0 Å². The van der Waals surface area contributed by atoms with Crippen LogP contribution in [0.15, 0.2) is 82.5 Å². The average Bonchev–Trinajstić information content (AvgIpc) is 3.20. The van der Waals surface area contributed by atoms with Crippen LogP contribution in [0.25, 0.3) is 0 Å². The number of rotatable bonds is 8. The Morgan fingerprint density at radius 3 is 2.05 bits per heavy atom. The van der Waals surface area contributed by atoms with Crippen LogP contribution >= 0.6 is 0 Å². The van der Waals surface area contributed by atoms with Gasteiger partial charge >= 0.3 is 5.69 Å². The number of aromatic nitrogens is 2. The summed E-state index contributed by atoms with van der Waals surface area (Å²) in [6.07, 6.45) is -0.0872. The second kappa shape index (κ2) is 10.5. The molecule has 1 aliphatic heterocycles. The quantitative estimate of drug-likeness (QED) is 0.339. The van der Waals surface area contributed by atoms with Crippen molar-refractivity contribution in [1.82, 2.24) is 9.55 Å². The normalized spacial score (nSPS) is 20.7. The first-order chi connectivity index (χ1) is 17.4. The molecule has 0 aliphatic carbocycles. The predicted octanol–water partition coefficient (Wildman–Crippen LogP) is 1.75. The summed E-state index contributed by atoms with van der Waals surface area (Å²) in [5, 5.41) is 1.85. The zero-order valence-electron chi connectivity index (χ0n) is 21.3. The molecule has 1 aromatic heterocycles. The van der Waals surface area contributed by atoms with Gasteiger partial charge in [-0.1, -0.05) is 81.4 Å². The molecule has 4 rings (SSSR count). The van der Waals surface area contributed by atoms with Gasteiger partial charge in [0.1, 0.15) is 18.4 Å². The maximum absolute atomic E-state index is 12.4. The van der Waals surface area contributed by atoms with Crippen LogP contribution in [0.1, 0.15) is 33.4 Å². The predicted molar refractivity (Wildman–Crippen MR) is 143 cm³/mol. The molecule has 0 spiro atoms. The molecule has 0 radical (unpaired) electrons. The van der Waals surface area contributed by atoms with Crippen molar-refractivity contribution in [1.29, 1.82) is 0 Å². The Morgan fingerprint density at radius 1 is 1.00 bits per heavy atom. The van der Waals surface area contributed by atoms with Gasteiger partial charge in [0.2, 0.25) is 0 Å². The Balaban J connectivity index is 1.72. The van der Waals surface area contributed by atoms with Crippen molar-refractivity contribution < 1.29 is 21.8 Å². The van der Waals surface area contributed by atoms with Crippen LogP contribution in [0.4, 0.5) is 0 Å². The summed E-state index contributed by atoms with van der Waals surface area (Å²) in [6.45, 7) is 6.47. The van der Waals surface area contributed by atoms with Crippen molar-refractivity contribution in [2.75, 3.05) is 12.9 Å².